The molecule has 0 radical (unpaired) electrons. The summed E-state index contributed by atoms with van der Waals surface area (Å²) in [7, 11) is 0. The lowest BCUT2D eigenvalue weighted by Crippen LogP contribution is -2.50. The Kier molecular flexibility index (Phi) is 6.52. The number of carbonyl (C=O) groups excluding carboxylic acids is 1. The van der Waals surface area contributed by atoms with Crippen molar-refractivity contribution < 1.29 is 24.5 Å². The molecular formula is C23H28N2O5. The maximum atomic E-state index is 13.3. The van der Waals surface area contributed by atoms with Gasteiger partial charge in [0.1, 0.15) is 25.4 Å². The molecule has 160 valence electrons. The number of ether oxygens (including phenoxy) is 2. The summed E-state index contributed by atoms with van der Waals surface area (Å²) in [5, 5.41) is 24.4. The predicted molar refractivity (Wildman–Crippen MR) is 111 cm³/mol. The zero-order valence-corrected chi connectivity index (χ0v) is 16.9. The number of benzene rings is 2. The molecule has 2 aliphatic rings. The Morgan fingerprint density at radius 1 is 1.00 bits per heavy atom. The highest BCUT2D eigenvalue weighted by molar-refractivity contribution is 5.83. The molecule has 2 aromatic rings. The second-order valence-corrected chi connectivity index (χ2v) is 7.67. The number of fused-ring (bicyclic) bond motifs is 1. The summed E-state index contributed by atoms with van der Waals surface area (Å²) >= 11 is 0. The summed E-state index contributed by atoms with van der Waals surface area (Å²) in [6, 6.07) is 13.3. The Balaban J connectivity index is 1.61. The van der Waals surface area contributed by atoms with Crippen LogP contribution in [0, 0.1) is 0 Å². The Hall–Kier alpha value is -2.61. The summed E-state index contributed by atoms with van der Waals surface area (Å²) < 4.78 is 11.2. The van der Waals surface area contributed by atoms with Crippen LogP contribution in [0.15, 0.2) is 48.5 Å². The molecule has 3 atom stereocenters. The number of amides is 1. The largest absolute Gasteiger partial charge is 0.486 e. The first kappa shape index (κ1) is 20.7. The maximum Gasteiger partial charge on any atom is 0.242 e. The zero-order chi connectivity index (χ0) is 20.9. The summed E-state index contributed by atoms with van der Waals surface area (Å²) in [5.74, 6) is 1.03. The van der Waals surface area contributed by atoms with Gasteiger partial charge in [0.2, 0.25) is 5.91 Å². The first-order chi connectivity index (χ1) is 14.7. The lowest BCUT2D eigenvalue weighted by molar-refractivity contribution is -0.135. The topological polar surface area (TPSA) is 91.3 Å². The van der Waals surface area contributed by atoms with Crippen molar-refractivity contribution >= 4 is 5.91 Å². The minimum absolute atomic E-state index is 0.163. The molecule has 1 fully saturated rings. The van der Waals surface area contributed by atoms with Crippen molar-refractivity contribution in [1.29, 1.82) is 0 Å². The van der Waals surface area contributed by atoms with Crippen LogP contribution >= 0.6 is 0 Å². The van der Waals surface area contributed by atoms with Crippen molar-refractivity contribution in [2.75, 3.05) is 32.9 Å². The maximum absolute atomic E-state index is 13.3. The van der Waals surface area contributed by atoms with Crippen molar-refractivity contribution in [2.24, 2.45) is 0 Å². The molecule has 0 unspecified atom stereocenters. The summed E-state index contributed by atoms with van der Waals surface area (Å²) in [5.41, 5.74) is 1.42. The quantitative estimate of drug-likeness (QED) is 0.643. The average molecular weight is 412 g/mol. The van der Waals surface area contributed by atoms with Crippen LogP contribution in [-0.2, 0) is 4.79 Å². The molecular weight excluding hydrogens is 384 g/mol. The number of likely N-dealkylation sites (tertiary alicyclic amines) is 1. The third-order valence-electron chi connectivity index (χ3n) is 5.67. The van der Waals surface area contributed by atoms with E-state index >= 15 is 0 Å². The Morgan fingerprint density at radius 2 is 1.70 bits per heavy atom. The van der Waals surface area contributed by atoms with Crippen molar-refractivity contribution in [3.05, 3.63) is 59.7 Å². The van der Waals surface area contributed by atoms with Gasteiger partial charge in [0, 0.05) is 13.1 Å². The van der Waals surface area contributed by atoms with Gasteiger partial charge in [-0.1, -0.05) is 36.4 Å². The number of aliphatic hydroxyl groups excluding tert-OH is 2. The lowest BCUT2D eigenvalue weighted by atomic mass is 9.98. The number of aliphatic hydroxyl groups is 2. The number of nitrogens with one attached hydrogen (secondary N) is 1. The van der Waals surface area contributed by atoms with E-state index in [0.29, 0.717) is 43.4 Å². The molecule has 1 saturated heterocycles. The Bertz CT molecular complexity index is 854. The van der Waals surface area contributed by atoms with Crippen LogP contribution in [0.1, 0.15) is 36.1 Å². The fourth-order valence-electron chi connectivity index (χ4n) is 4.02. The molecule has 2 aliphatic heterocycles. The Morgan fingerprint density at radius 3 is 2.40 bits per heavy atom. The fraction of sp³-hybridized carbons (Fsp3) is 0.435. The predicted octanol–water partition coefficient (Wildman–Crippen LogP) is 1.81. The molecule has 30 heavy (non-hydrogen) atoms. The fourth-order valence-corrected chi connectivity index (χ4v) is 4.02. The molecule has 7 nitrogen and oxygen atoms in total. The van der Waals surface area contributed by atoms with Gasteiger partial charge in [-0.05, 0) is 36.1 Å². The van der Waals surface area contributed by atoms with E-state index in [1.165, 1.54) is 0 Å². The third kappa shape index (κ3) is 4.43. The van der Waals surface area contributed by atoms with Gasteiger partial charge in [0.15, 0.2) is 11.5 Å². The van der Waals surface area contributed by atoms with Crippen LogP contribution in [0.3, 0.4) is 0 Å². The zero-order valence-electron chi connectivity index (χ0n) is 16.9. The van der Waals surface area contributed by atoms with E-state index in [1.54, 1.807) is 23.1 Å². The molecule has 0 aromatic heterocycles. The van der Waals surface area contributed by atoms with Gasteiger partial charge in [-0.2, -0.15) is 0 Å². The van der Waals surface area contributed by atoms with Gasteiger partial charge in [-0.25, -0.2) is 0 Å². The van der Waals surface area contributed by atoms with Crippen molar-refractivity contribution in [2.45, 2.75) is 31.0 Å². The molecule has 0 saturated carbocycles. The van der Waals surface area contributed by atoms with Crippen LogP contribution in [0.2, 0.25) is 0 Å². The standard InChI is InChI=1S/C23H28N2O5/c26-15-18(16-6-2-1-3-7-16)24-21(23(28)25-10-4-5-11-25)22(27)17-8-9-19-20(14-17)30-13-12-29-19/h1-3,6-9,14,18,21-22,24,26-27H,4-5,10-13,15H2/t18-,21-,22+/m0/s1. The normalized spacial score (nSPS) is 18.7. The van der Waals surface area contributed by atoms with Crippen molar-refractivity contribution in [3.63, 3.8) is 0 Å². The first-order valence-corrected chi connectivity index (χ1v) is 10.5. The molecule has 2 aromatic carbocycles. The SMILES string of the molecule is O=C([C@@H](N[C@@H](CO)c1ccccc1)[C@H](O)c1ccc2c(c1)OCCO2)N1CCCC1. The number of nitrogens with zero attached hydrogens (tertiary/aromatic N) is 1. The van der Waals surface area contributed by atoms with Gasteiger partial charge >= 0.3 is 0 Å². The van der Waals surface area contributed by atoms with Gasteiger partial charge in [-0.3, -0.25) is 10.1 Å². The number of hydrogen-bond acceptors (Lipinski definition) is 6. The van der Waals surface area contributed by atoms with Crippen LogP contribution < -0.4 is 14.8 Å². The van der Waals surface area contributed by atoms with E-state index in [1.807, 2.05) is 30.3 Å². The van der Waals surface area contributed by atoms with E-state index in [4.69, 9.17) is 9.47 Å². The minimum Gasteiger partial charge on any atom is -0.486 e. The third-order valence-corrected chi connectivity index (χ3v) is 5.67. The van der Waals surface area contributed by atoms with E-state index in [9.17, 15) is 15.0 Å². The van der Waals surface area contributed by atoms with Crippen LogP contribution in [-0.4, -0.2) is 60.0 Å². The number of hydrogen-bond donors (Lipinski definition) is 3. The molecule has 4 rings (SSSR count). The van der Waals surface area contributed by atoms with Crippen LogP contribution in [0.25, 0.3) is 0 Å². The smallest absolute Gasteiger partial charge is 0.242 e. The summed E-state index contributed by atoms with van der Waals surface area (Å²) in [6.45, 7) is 2.10. The van der Waals surface area contributed by atoms with E-state index in [0.717, 1.165) is 18.4 Å². The van der Waals surface area contributed by atoms with Crippen LogP contribution in [0.5, 0.6) is 11.5 Å². The van der Waals surface area contributed by atoms with Crippen molar-refractivity contribution in [1.82, 2.24) is 10.2 Å². The second-order valence-electron chi connectivity index (χ2n) is 7.67. The van der Waals surface area contributed by atoms with Gasteiger partial charge in [0.25, 0.3) is 0 Å². The molecule has 7 heteroatoms. The second kappa shape index (κ2) is 9.47. The van der Waals surface area contributed by atoms with Gasteiger partial charge in [0.05, 0.1) is 12.6 Å². The number of rotatable bonds is 7. The van der Waals surface area contributed by atoms with E-state index < -0.39 is 18.2 Å². The molecule has 3 N–H and O–H groups in total. The molecule has 0 bridgehead atoms. The highest BCUT2D eigenvalue weighted by Gasteiger charge is 2.35. The average Bonchev–Trinajstić information content (AvgIpc) is 3.34. The molecule has 1 amide bonds. The highest BCUT2D eigenvalue weighted by Crippen LogP contribution is 2.34. The molecule has 2 heterocycles. The highest BCUT2D eigenvalue weighted by atomic mass is 16.6. The van der Waals surface area contributed by atoms with Gasteiger partial charge in [-0.15, -0.1) is 0 Å². The number of carbonyl (C=O) groups is 1. The molecule has 0 spiro atoms. The van der Waals surface area contributed by atoms with E-state index in [2.05, 4.69) is 5.32 Å². The van der Waals surface area contributed by atoms with E-state index in [-0.39, 0.29) is 12.5 Å². The van der Waals surface area contributed by atoms with Gasteiger partial charge < -0.3 is 24.6 Å². The minimum atomic E-state index is -1.10. The molecule has 0 aliphatic carbocycles. The Labute approximate surface area is 176 Å². The lowest BCUT2D eigenvalue weighted by Gasteiger charge is -2.31. The summed E-state index contributed by atoms with van der Waals surface area (Å²) in [6.07, 6.45) is 0.813. The first-order valence-electron chi connectivity index (χ1n) is 10.5. The summed E-state index contributed by atoms with van der Waals surface area (Å²) in [4.78, 5) is 15.1. The van der Waals surface area contributed by atoms with Crippen LogP contribution in [0.4, 0.5) is 0 Å². The monoisotopic (exact) mass is 412 g/mol. The van der Waals surface area contributed by atoms with Crippen molar-refractivity contribution in [3.8, 4) is 11.5 Å².